The van der Waals surface area contributed by atoms with Crippen LogP contribution in [0, 0.1) is 0 Å². The zero-order chi connectivity index (χ0) is 10.4. The van der Waals surface area contributed by atoms with E-state index in [1.807, 2.05) is 11.0 Å². The molecule has 1 heterocycles. The Labute approximate surface area is 86.2 Å². The van der Waals surface area contributed by atoms with E-state index in [0.717, 1.165) is 32.5 Å². The molecule has 80 valence electrons. The van der Waals surface area contributed by atoms with Gasteiger partial charge in [0, 0.05) is 32.1 Å². The molecule has 1 saturated heterocycles. The summed E-state index contributed by atoms with van der Waals surface area (Å²) in [5.41, 5.74) is 0. The van der Waals surface area contributed by atoms with Crippen molar-refractivity contribution in [1.29, 1.82) is 0 Å². The minimum atomic E-state index is 0.284. The molecule has 0 bridgehead atoms. The van der Waals surface area contributed by atoms with Gasteiger partial charge in [0.2, 0.25) is 5.91 Å². The highest BCUT2D eigenvalue weighted by molar-refractivity contribution is 5.76. The van der Waals surface area contributed by atoms with Crippen LogP contribution in [0.1, 0.15) is 26.2 Å². The molecule has 1 rings (SSSR count). The highest BCUT2D eigenvalue weighted by atomic mass is 16.2. The molecule has 1 aliphatic rings. The van der Waals surface area contributed by atoms with Crippen molar-refractivity contribution in [3.05, 3.63) is 12.7 Å². The minimum absolute atomic E-state index is 0.284. The Hall–Kier alpha value is -0.830. The van der Waals surface area contributed by atoms with Crippen LogP contribution in [0.2, 0.25) is 0 Å². The van der Waals surface area contributed by atoms with Crippen LogP contribution in [0.15, 0.2) is 12.7 Å². The summed E-state index contributed by atoms with van der Waals surface area (Å²) in [5, 5.41) is 3.14. The van der Waals surface area contributed by atoms with Gasteiger partial charge in [0.15, 0.2) is 0 Å². The molecule has 1 fully saturated rings. The Morgan fingerprint density at radius 3 is 3.07 bits per heavy atom. The lowest BCUT2D eigenvalue weighted by Gasteiger charge is -2.21. The van der Waals surface area contributed by atoms with Gasteiger partial charge in [0.25, 0.3) is 0 Å². The lowest BCUT2D eigenvalue weighted by Crippen LogP contribution is -2.35. The lowest BCUT2D eigenvalue weighted by atomic mass is 10.2. The third kappa shape index (κ3) is 3.14. The van der Waals surface area contributed by atoms with Crippen LogP contribution < -0.4 is 5.32 Å². The van der Waals surface area contributed by atoms with Crippen molar-refractivity contribution in [1.82, 2.24) is 10.2 Å². The molecule has 1 amide bonds. The topological polar surface area (TPSA) is 32.3 Å². The van der Waals surface area contributed by atoms with Crippen molar-refractivity contribution in [2.24, 2.45) is 0 Å². The van der Waals surface area contributed by atoms with Crippen LogP contribution >= 0.6 is 0 Å². The van der Waals surface area contributed by atoms with Gasteiger partial charge in [-0.25, -0.2) is 0 Å². The van der Waals surface area contributed by atoms with Crippen molar-refractivity contribution in [2.75, 3.05) is 19.6 Å². The molecular weight excluding hydrogens is 176 g/mol. The predicted octanol–water partition coefficient (Wildman–Crippen LogP) is 1.16. The number of hydrogen-bond acceptors (Lipinski definition) is 2. The lowest BCUT2D eigenvalue weighted by molar-refractivity contribution is -0.131. The second-order valence-electron chi connectivity index (χ2n) is 3.82. The Kier molecular flexibility index (Phi) is 4.66. The fourth-order valence-corrected chi connectivity index (χ4v) is 1.85. The number of rotatable bonds is 5. The van der Waals surface area contributed by atoms with Gasteiger partial charge in [-0.3, -0.25) is 4.79 Å². The van der Waals surface area contributed by atoms with Crippen molar-refractivity contribution >= 4 is 5.91 Å². The molecule has 0 saturated carbocycles. The van der Waals surface area contributed by atoms with E-state index in [1.165, 1.54) is 0 Å². The summed E-state index contributed by atoms with van der Waals surface area (Å²) >= 11 is 0. The molecular formula is C11H20N2O. The predicted molar refractivity (Wildman–Crippen MR) is 58.1 cm³/mol. The summed E-state index contributed by atoms with van der Waals surface area (Å²) in [7, 11) is 0. The average Bonchev–Trinajstić information content (AvgIpc) is 2.59. The zero-order valence-electron chi connectivity index (χ0n) is 8.96. The summed E-state index contributed by atoms with van der Waals surface area (Å²) in [5.74, 6) is 0.284. The molecule has 0 radical (unpaired) electrons. The van der Waals surface area contributed by atoms with Crippen molar-refractivity contribution in [3.63, 3.8) is 0 Å². The van der Waals surface area contributed by atoms with Gasteiger partial charge in [-0.15, -0.1) is 6.58 Å². The molecule has 1 N–H and O–H groups in total. The second kappa shape index (κ2) is 5.81. The van der Waals surface area contributed by atoms with Crippen LogP contribution in [-0.2, 0) is 4.79 Å². The van der Waals surface area contributed by atoms with E-state index in [2.05, 4.69) is 18.8 Å². The van der Waals surface area contributed by atoms with Gasteiger partial charge in [-0.2, -0.15) is 0 Å². The smallest absolute Gasteiger partial charge is 0.224 e. The van der Waals surface area contributed by atoms with Crippen molar-refractivity contribution < 1.29 is 4.79 Å². The number of carbonyl (C=O) groups excluding carboxylic acids is 1. The van der Waals surface area contributed by atoms with E-state index < -0.39 is 0 Å². The average molecular weight is 196 g/mol. The molecule has 0 spiro atoms. The van der Waals surface area contributed by atoms with Gasteiger partial charge < -0.3 is 10.2 Å². The highest BCUT2D eigenvalue weighted by Crippen LogP contribution is 2.16. The normalized spacial score (nSPS) is 21.2. The maximum atomic E-state index is 11.7. The fraction of sp³-hybridized carbons (Fsp3) is 0.727. The van der Waals surface area contributed by atoms with Crippen molar-refractivity contribution in [2.45, 2.75) is 32.2 Å². The molecule has 0 aromatic rings. The largest absolute Gasteiger partial charge is 0.340 e. The van der Waals surface area contributed by atoms with E-state index in [9.17, 15) is 4.79 Å². The minimum Gasteiger partial charge on any atom is -0.340 e. The van der Waals surface area contributed by atoms with Crippen LogP contribution in [0.5, 0.6) is 0 Å². The summed E-state index contributed by atoms with van der Waals surface area (Å²) in [6.45, 7) is 8.22. The number of hydrogen-bond donors (Lipinski definition) is 1. The first-order valence-corrected chi connectivity index (χ1v) is 5.36. The molecule has 14 heavy (non-hydrogen) atoms. The first kappa shape index (κ1) is 11.2. The molecule has 0 aromatic heterocycles. The first-order valence-electron chi connectivity index (χ1n) is 5.36. The number of nitrogens with zero attached hydrogens (tertiary/aromatic N) is 1. The Balaban J connectivity index is 2.17. The van der Waals surface area contributed by atoms with Gasteiger partial charge in [0.05, 0.1) is 0 Å². The number of likely N-dealkylation sites (tertiary alicyclic amines) is 1. The first-order chi connectivity index (χ1) is 6.75. The molecule has 3 heteroatoms. The molecule has 0 aliphatic carbocycles. The molecule has 1 atom stereocenters. The van der Waals surface area contributed by atoms with E-state index >= 15 is 0 Å². The maximum absolute atomic E-state index is 11.7. The van der Waals surface area contributed by atoms with Crippen LogP contribution in [0.3, 0.4) is 0 Å². The Bertz CT molecular complexity index is 203. The second-order valence-corrected chi connectivity index (χ2v) is 3.82. The third-order valence-electron chi connectivity index (χ3n) is 2.68. The Morgan fingerprint density at radius 2 is 2.50 bits per heavy atom. The Morgan fingerprint density at radius 1 is 1.71 bits per heavy atom. The van der Waals surface area contributed by atoms with Gasteiger partial charge in [-0.05, 0) is 19.8 Å². The number of carbonyl (C=O) groups is 1. The quantitative estimate of drug-likeness (QED) is 0.528. The van der Waals surface area contributed by atoms with E-state index in [1.54, 1.807) is 0 Å². The number of amides is 1. The molecule has 0 aromatic carbocycles. The van der Waals surface area contributed by atoms with Gasteiger partial charge >= 0.3 is 0 Å². The summed E-state index contributed by atoms with van der Waals surface area (Å²) in [6, 6.07) is 0.446. The van der Waals surface area contributed by atoms with Crippen LogP contribution in [0.4, 0.5) is 0 Å². The third-order valence-corrected chi connectivity index (χ3v) is 2.68. The number of nitrogens with one attached hydrogen (secondary N) is 1. The van der Waals surface area contributed by atoms with E-state index in [-0.39, 0.29) is 5.91 Å². The summed E-state index contributed by atoms with van der Waals surface area (Å²) in [6.07, 6.45) is 4.74. The highest BCUT2D eigenvalue weighted by Gasteiger charge is 2.23. The van der Waals surface area contributed by atoms with E-state index in [4.69, 9.17) is 0 Å². The summed E-state index contributed by atoms with van der Waals surface area (Å²) in [4.78, 5) is 13.7. The summed E-state index contributed by atoms with van der Waals surface area (Å²) < 4.78 is 0. The maximum Gasteiger partial charge on any atom is 0.224 e. The van der Waals surface area contributed by atoms with Crippen LogP contribution in [-0.4, -0.2) is 36.5 Å². The van der Waals surface area contributed by atoms with Crippen molar-refractivity contribution in [3.8, 4) is 0 Å². The van der Waals surface area contributed by atoms with E-state index in [0.29, 0.717) is 12.5 Å². The van der Waals surface area contributed by atoms with Gasteiger partial charge in [0.1, 0.15) is 0 Å². The fourth-order valence-electron chi connectivity index (χ4n) is 1.85. The SMILES string of the molecule is C=CCNCCC(=O)N1CCCC1C. The zero-order valence-corrected chi connectivity index (χ0v) is 8.96. The molecule has 1 unspecified atom stereocenters. The van der Waals surface area contributed by atoms with Gasteiger partial charge in [-0.1, -0.05) is 6.08 Å². The standard InChI is InChI=1S/C11H20N2O/c1-3-7-12-8-6-11(14)13-9-4-5-10(13)2/h3,10,12H,1,4-9H2,2H3. The monoisotopic (exact) mass is 196 g/mol. The molecule has 1 aliphatic heterocycles. The van der Waals surface area contributed by atoms with Crippen LogP contribution in [0.25, 0.3) is 0 Å². The molecule has 3 nitrogen and oxygen atoms in total.